The summed E-state index contributed by atoms with van der Waals surface area (Å²) in [5.41, 5.74) is 1.80. The molecule has 22 heavy (non-hydrogen) atoms. The maximum Gasteiger partial charge on any atom is 0.337 e. The number of rotatable bonds is 4. The zero-order valence-corrected chi connectivity index (χ0v) is 13.3. The van der Waals surface area contributed by atoms with Gasteiger partial charge in [0.25, 0.3) is 0 Å². The molecule has 0 aliphatic carbocycles. The number of benzene rings is 1. The Morgan fingerprint density at radius 1 is 1.23 bits per heavy atom. The third kappa shape index (κ3) is 3.59. The van der Waals surface area contributed by atoms with Crippen molar-refractivity contribution in [3.05, 3.63) is 29.8 Å². The van der Waals surface area contributed by atoms with Crippen molar-refractivity contribution in [1.29, 1.82) is 0 Å². The van der Waals surface area contributed by atoms with Gasteiger partial charge in [-0.3, -0.25) is 4.90 Å². The van der Waals surface area contributed by atoms with Crippen molar-refractivity contribution in [2.75, 3.05) is 57.8 Å². The number of piperazine rings is 1. The number of carbonyl (C=O) groups is 1. The predicted octanol–water partition coefficient (Wildman–Crippen LogP) is 1.20. The maximum atomic E-state index is 11.5. The van der Waals surface area contributed by atoms with E-state index < -0.39 is 0 Å². The van der Waals surface area contributed by atoms with Crippen molar-refractivity contribution in [3.8, 4) is 0 Å². The second kappa shape index (κ2) is 7.11. The van der Waals surface area contributed by atoms with Crippen LogP contribution in [0.1, 0.15) is 16.8 Å². The normalized spacial score (nSPS) is 22.8. The molecule has 2 aliphatic heterocycles. The number of carbonyl (C=O) groups excluding carboxylic acids is 1. The lowest BCUT2D eigenvalue weighted by Gasteiger charge is -2.37. The van der Waals surface area contributed by atoms with Gasteiger partial charge in [0.2, 0.25) is 0 Å². The Morgan fingerprint density at radius 2 is 1.95 bits per heavy atom. The molecule has 3 rings (SSSR count). The molecule has 0 spiro atoms. The van der Waals surface area contributed by atoms with Crippen molar-refractivity contribution in [3.63, 3.8) is 0 Å². The molecule has 1 aromatic carbocycles. The molecule has 2 saturated heterocycles. The van der Waals surface area contributed by atoms with Crippen LogP contribution >= 0.6 is 0 Å². The second-order valence-corrected chi connectivity index (χ2v) is 6.18. The molecule has 0 bridgehead atoms. The number of methoxy groups -OCH3 is 1. The Bertz CT molecular complexity index is 489. The van der Waals surface area contributed by atoms with E-state index in [9.17, 15) is 4.79 Å². The first-order chi connectivity index (χ1) is 10.8. The molecule has 2 aliphatic rings. The SMILES string of the molecule is COC(=O)c1ccc(N2CCN(CC3CCNC3)CC2)cc1. The lowest BCUT2D eigenvalue weighted by Crippen LogP contribution is -2.48. The zero-order chi connectivity index (χ0) is 15.4. The van der Waals surface area contributed by atoms with Crippen LogP contribution in [0.3, 0.4) is 0 Å². The van der Waals surface area contributed by atoms with Gasteiger partial charge in [0, 0.05) is 38.4 Å². The molecule has 120 valence electrons. The van der Waals surface area contributed by atoms with E-state index in [4.69, 9.17) is 4.74 Å². The average molecular weight is 303 g/mol. The highest BCUT2D eigenvalue weighted by Gasteiger charge is 2.22. The van der Waals surface area contributed by atoms with Crippen LogP contribution in [0.15, 0.2) is 24.3 Å². The molecule has 2 fully saturated rings. The van der Waals surface area contributed by atoms with Gasteiger partial charge < -0.3 is 15.0 Å². The van der Waals surface area contributed by atoms with Gasteiger partial charge in [-0.15, -0.1) is 0 Å². The molecule has 2 heterocycles. The molecule has 0 saturated carbocycles. The predicted molar refractivity (Wildman–Crippen MR) is 87.4 cm³/mol. The van der Waals surface area contributed by atoms with Crippen LogP contribution in [0.2, 0.25) is 0 Å². The molecule has 1 aromatic rings. The summed E-state index contributed by atoms with van der Waals surface area (Å²) < 4.78 is 4.73. The number of nitrogens with one attached hydrogen (secondary N) is 1. The standard InChI is InChI=1S/C17H25N3O2/c1-22-17(21)15-2-4-16(5-3-15)20-10-8-19(9-11-20)13-14-6-7-18-12-14/h2-5,14,18H,6-13H2,1H3. The van der Waals surface area contributed by atoms with Crippen LogP contribution < -0.4 is 10.2 Å². The van der Waals surface area contributed by atoms with Gasteiger partial charge in [-0.2, -0.15) is 0 Å². The summed E-state index contributed by atoms with van der Waals surface area (Å²) in [5.74, 6) is 0.549. The number of hydrogen-bond donors (Lipinski definition) is 1. The summed E-state index contributed by atoms with van der Waals surface area (Å²) >= 11 is 0. The summed E-state index contributed by atoms with van der Waals surface area (Å²) in [4.78, 5) is 16.4. The van der Waals surface area contributed by atoms with Crippen molar-refractivity contribution in [2.24, 2.45) is 5.92 Å². The molecule has 5 nitrogen and oxygen atoms in total. The molecular formula is C17H25N3O2. The molecular weight excluding hydrogens is 278 g/mol. The minimum absolute atomic E-state index is 0.276. The Kier molecular flexibility index (Phi) is 4.95. The minimum atomic E-state index is -0.276. The van der Waals surface area contributed by atoms with Gasteiger partial charge in [-0.05, 0) is 49.7 Å². The number of esters is 1. The molecule has 0 radical (unpaired) electrons. The van der Waals surface area contributed by atoms with E-state index in [-0.39, 0.29) is 5.97 Å². The lowest BCUT2D eigenvalue weighted by atomic mass is 10.1. The van der Waals surface area contributed by atoms with Gasteiger partial charge in [0.1, 0.15) is 0 Å². The summed E-state index contributed by atoms with van der Waals surface area (Å²) in [6.07, 6.45) is 1.31. The Balaban J connectivity index is 1.51. The average Bonchev–Trinajstić information content (AvgIpc) is 3.08. The first-order valence-electron chi connectivity index (χ1n) is 8.12. The van der Waals surface area contributed by atoms with E-state index in [0.717, 1.165) is 32.1 Å². The summed E-state index contributed by atoms with van der Waals surface area (Å²) in [6.45, 7) is 7.93. The van der Waals surface area contributed by atoms with Gasteiger partial charge in [-0.25, -0.2) is 4.79 Å². The lowest BCUT2D eigenvalue weighted by molar-refractivity contribution is 0.0601. The first-order valence-corrected chi connectivity index (χ1v) is 8.12. The number of anilines is 1. The van der Waals surface area contributed by atoms with E-state index >= 15 is 0 Å². The Hall–Kier alpha value is -1.59. The number of nitrogens with zero attached hydrogens (tertiary/aromatic N) is 2. The summed E-state index contributed by atoms with van der Waals surface area (Å²) in [6, 6.07) is 7.72. The monoisotopic (exact) mass is 303 g/mol. The highest BCUT2D eigenvalue weighted by Crippen LogP contribution is 2.19. The molecule has 0 aromatic heterocycles. The van der Waals surface area contributed by atoms with E-state index in [0.29, 0.717) is 5.56 Å². The fraction of sp³-hybridized carbons (Fsp3) is 0.588. The van der Waals surface area contributed by atoms with Gasteiger partial charge in [0.15, 0.2) is 0 Å². The highest BCUT2D eigenvalue weighted by atomic mass is 16.5. The minimum Gasteiger partial charge on any atom is -0.465 e. The third-order valence-electron chi connectivity index (χ3n) is 4.70. The van der Waals surface area contributed by atoms with Gasteiger partial charge in [-0.1, -0.05) is 0 Å². The highest BCUT2D eigenvalue weighted by molar-refractivity contribution is 5.89. The smallest absolute Gasteiger partial charge is 0.337 e. The van der Waals surface area contributed by atoms with Crippen LogP contribution in [0.25, 0.3) is 0 Å². The quantitative estimate of drug-likeness (QED) is 0.847. The number of ether oxygens (including phenoxy) is 1. The zero-order valence-electron chi connectivity index (χ0n) is 13.3. The van der Waals surface area contributed by atoms with Crippen molar-refractivity contribution in [2.45, 2.75) is 6.42 Å². The fourth-order valence-corrected chi connectivity index (χ4v) is 3.35. The van der Waals surface area contributed by atoms with E-state index in [1.807, 2.05) is 24.3 Å². The molecule has 5 heteroatoms. The first kappa shape index (κ1) is 15.3. The Labute approximate surface area is 132 Å². The molecule has 1 atom stereocenters. The van der Waals surface area contributed by atoms with Crippen molar-refractivity contribution < 1.29 is 9.53 Å². The molecule has 0 amide bonds. The second-order valence-electron chi connectivity index (χ2n) is 6.18. The van der Waals surface area contributed by atoms with E-state index in [1.54, 1.807) is 0 Å². The van der Waals surface area contributed by atoms with E-state index in [1.165, 1.54) is 38.9 Å². The molecule has 1 unspecified atom stereocenters. The van der Waals surface area contributed by atoms with Gasteiger partial charge in [0.05, 0.1) is 12.7 Å². The largest absolute Gasteiger partial charge is 0.465 e. The van der Waals surface area contributed by atoms with E-state index in [2.05, 4.69) is 15.1 Å². The summed E-state index contributed by atoms with van der Waals surface area (Å²) in [7, 11) is 1.41. The van der Waals surface area contributed by atoms with Crippen LogP contribution in [-0.4, -0.2) is 63.8 Å². The van der Waals surface area contributed by atoms with Crippen molar-refractivity contribution in [1.82, 2.24) is 10.2 Å². The van der Waals surface area contributed by atoms with Gasteiger partial charge >= 0.3 is 5.97 Å². The van der Waals surface area contributed by atoms with Crippen LogP contribution in [-0.2, 0) is 4.74 Å². The molecule has 1 N–H and O–H groups in total. The van der Waals surface area contributed by atoms with Crippen LogP contribution in [0.4, 0.5) is 5.69 Å². The van der Waals surface area contributed by atoms with Crippen molar-refractivity contribution >= 4 is 11.7 Å². The fourth-order valence-electron chi connectivity index (χ4n) is 3.35. The van der Waals surface area contributed by atoms with Crippen LogP contribution in [0.5, 0.6) is 0 Å². The summed E-state index contributed by atoms with van der Waals surface area (Å²) in [5, 5.41) is 3.44. The number of hydrogen-bond acceptors (Lipinski definition) is 5. The topological polar surface area (TPSA) is 44.8 Å². The Morgan fingerprint density at radius 3 is 2.55 bits per heavy atom. The van der Waals surface area contributed by atoms with Crippen LogP contribution in [0, 0.1) is 5.92 Å². The third-order valence-corrected chi connectivity index (χ3v) is 4.70. The maximum absolute atomic E-state index is 11.5.